The number of nitrogens with zero attached hydrogens (tertiary/aromatic N) is 1. The third kappa shape index (κ3) is 3.67. The summed E-state index contributed by atoms with van der Waals surface area (Å²) >= 11 is 0. The number of likely N-dealkylation sites (tertiary alicyclic amines) is 1. The van der Waals surface area contributed by atoms with Crippen LogP contribution in [-0.4, -0.2) is 50.8 Å². The Morgan fingerprint density at radius 1 is 1.24 bits per heavy atom. The molecule has 1 heterocycles. The normalized spacial score (nSPS) is 29.6. The number of rotatable bonds is 5. The van der Waals surface area contributed by atoms with E-state index in [1.807, 2.05) is 7.11 Å². The van der Waals surface area contributed by atoms with Gasteiger partial charge in [-0.1, -0.05) is 19.3 Å². The zero-order valence-electron chi connectivity index (χ0n) is 11.5. The summed E-state index contributed by atoms with van der Waals surface area (Å²) in [7, 11) is 3.97. The standard InChI is InChI=1S/C14H28N2O/c1-15-14(12-6-4-3-5-7-12)11-16-9-8-13(10-16)17-2/h12-15H,3-11H2,1-2H3. The Morgan fingerprint density at radius 3 is 2.59 bits per heavy atom. The molecule has 1 aliphatic heterocycles. The molecule has 2 aliphatic rings. The van der Waals surface area contributed by atoms with Crippen LogP contribution in [0.15, 0.2) is 0 Å². The van der Waals surface area contributed by atoms with Crippen molar-refractivity contribution >= 4 is 0 Å². The van der Waals surface area contributed by atoms with E-state index in [0.717, 1.165) is 12.5 Å². The van der Waals surface area contributed by atoms with E-state index in [4.69, 9.17) is 4.74 Å². The predicted molar refractivity (Wildman–Crippen MR) is 71.3 cm³/mol. The Labute approximate surface area is 106 Å². The van der Waals surface area contributed by atoms with Crippen LogP contribution in [0.3, 0.4) is 0 Å². The number of hydrogen-bond acceptors (Lipinski definition) is 3. The fraction of sp³-hybridized carbons (Fsp3) is 1.00. The molecular formula is C14H28N2O. The fourth-order valence-electron chi connectivity index (χ4n) is 3.45. The highest BCUT2D eigenvalue weighted by Crippen LogP contribution is 2.27. The highest BCUT2D eigenvalue weighted by Gasteiger charge is 2.28. The van der Waals surface area contributed by atoms with Crippen molar-refractivity contribution in [3.05, 3.63) is 0 Å². The maximum Gasteiger partial charge on any atom is 0.0710 e. The lowest BCUT2D eigenvalue weighted by atomic mass is 9.84. The average Bonchev–Trinajstić information content (AvgIpc) is 2.84. The molecule has 1 saturated heterocycles. The topological polar surface area (TPSA) is 24.5 Å². The zero-order valence-corrected chi connectivity index (χ0v) is 11.5. The van der Waals surface area contributed by atoms with Gasteiger partial charge in [-0.25, -0.2) is 0 Å². The van der Waals surface area contributed by atoms with Crippen molar-refractivity contribution in [1.29, 1.82) is 0 Å². The molecule has 3 heteroatoms. The fourth-order valence-corrected chi connectivity index (χ4v) is 3.45. The second kappa shape index (κ2) is 6.72. The first-order valence-corrected chi connectivity index (χ1v) is 7.26. The van der Waals surface area contributed by atoms with Crippen LogP contribution in [0.4, 0.5) is 0 Å². The third-order valence-electron chi connectivity index (χ3n) is 4.61. The molecule has 0 aromatic heterocycles. The van der Waals surface area contributed by atoms with Gasteiger partial charge in [0.25, 0.3) is 0 Å². The molecule has 2 fully saturated rings. The predicted octanol–water partition coefficient (Wildman–Crippen LogP) is 1.88. The van der Waals surface area contributed by atoms with Crippen molar-refractivity contribution in [3.63, 3.8) is 0 Å². The van der Waals surface area contributed by atoms with Crippen LogP contribution in [0, 0.1) is 5.92 Å². The molecule has 0 bridgehead atoms. The van der Waals surface area contributed by atoms with Crippen LogP contribution in [0.5, 0.6) is 0 Å². The summed E-state index contributed by atoms with van der Waals surface area (Å²) in [4.78, 5) is 2.57. The van der Waals surface area contributed by atoms with Crippen molar-refractivity contribution in [2.75, 3.05) is 33.8 Å². The Kier molecular flexibility index (Phi) is 5.26. The molecule has 2 rings (SSSR count). The molecule has 0 amide bonds. The molecule has 0 spiro atoms. The minimum atomic E-state index is 0.471. The van der Waals surface area contributed by atoms with Crippen molar-refractivity contribution < 1.29 is 4.74 Å². The summed E-state index contributed by atoms with van der Waals surface area (Å²) in [6.07, 6.45) is 8.84. The van der Waals surface area contributed by atoms with E-state index in [0.29, 0.717) is 12.1 Å². The average molecular weight is 240 g/mol. The largest absolute Gasteiger partial charge is 0.380 e. The van der Waals surface area contributed by atoms with Gasteiger partial charge in [-0.3, -0.25) is 4.90 Å². The Balaban J connectivity index is 1.78. The molecular weight excluding hydrogens is 212 g/mol. The zero-order chi connectivity index (χ0) is 12.1. The van der Waals surface area contributed by atoms with E-state index in [1.54, 1.807) is 0 Å². The third-order valence-corrected chi connectivity index (χ3v) is 4.61. The molecule has 2 atom stereocenters. The van der Waals surface area contributed by atoms with Gasteiger partial charge in [0.2, 0.25) is 0 Å². The summed E-state index contributed by atoms with van der Waals surface area (Å²) in [6.45, 7) is 3.55. The Hall–Kier alpha value is -0.120. The van der Waals surface area contributed by atoms with E-state index >= 15 is 0 Å². The number of ether oxygens (including phenoxy) is 1. The maximum atomic E-state index is 5.44. The molecule has 17 heavy (non-hydrogen) atoms. The minimum absolute atomic E-state index is 0.471. The van der Waals surface area contributed by atoms with Crippen LogP contribution >= 0.6 is 0 Å². The van der Waals surface area contributed by atoms with Crippen LogP contribution in [0.25, 0.3) is 0 Å². The van der Waals surface area contributed by atoms with Gasteiger partial charge in [-0.05, 0) is 32.2 Å². The van der Waals surface area contributed by atoms with E-state index in [9.17, 15) is 0 Å². The number of hydrogen-bond donors (Lipinski definition) is 1. The second-order valence-electron chi connectivity index (χ2n) is 5.70. The molecule has 0 radical (unpaired) electrons. The summed E-state index contributed by atoms with van der Waals surface area (Å²) in [5.41, 5.74) is 0. The summed E-state index contributed by atoms with van der Waals surface area (Å²) in [5.74, 6) is 0.898. The molecule has 1 N–H and O–H groups in total. The molecule has 0 aromatic rings. The van der Waals surface area contributed by atoms with Crippen molar-refractivity contribution in [2.24, 2.45) is 5.92 Å². The van der Waals surface area contributed by atoms with Crippen molar-refractivity contribution in [3.8, 4) is 0 Å². The first kappa shape index (κ1) is 13.3. The van der Waals surface area contributed by atoms with Crippen LogP contribution in [0.1, 0.15) is 38.5 Å². The van der Waals surface area contributed by atoms with Crippen molar-refractivity contribution in [2.45, 2.75) is 50.7 Å². The summed E-state index contributed by atoms with van der Waals surface area (Å²) in [6, 6.07) is 0.686. The van der Waals surface area contributed by atoms with E-state index in [2.05, 4.69) is 17.3 Å². The first-order chi connectivity index (χ1) is 8.33. The number of nitrogens with one attached hydrogen (secondary N) is 1. The second-order valence-corrected chi connectivity index (χ2v) is 5.70. The Bertz CT molecular complexity index is 216. The smallest absolute Gasteiger partial charge is 0.0710 e. The first-order valence-electron chi connectivity index (χ1n) is 7.26. The quantitative estimate of drug-likeness (QED) is 0.794. The highest BCUT2D eigenvalue weighted by molar-refractivity contribution is 4.84. The lowest BCUT2D eigenvalue weighted by Crippen LogP contribution is -2.44. The van der Waals surface area contributed by atoms with Crippen molar-refractivity contribution in [1.82, 2.24) is 10.2 Å². The van der Waals surface area contributed by atoms with Gasteiger partial charge in [0.15, 0.2) is 0 Å². The van der Waals surface area contributed by atoms with Gasteiger partial charge in [-0.15, -0.1) is 0 Å². The highest BCUT2D eigenvalue weighted by atomic mass is 16.5. The van der Waals surface area contributed by atoms with Gasteiger partial charge in [0, 0.05) is 32.8 Å². The molecule has 2 unspecified atom stereocenters. The number of methoxy groups -OCH3 is 1. The molecule has 3 nitrogen and oxygen atoms in total. The van der Waals surface area contributed by atoms with Gasteiger partial charge >= 0.3 is 0 Å². The lowest BCUT2D eigenvalue weighted by Gasteiger charge is -2.32. The van der Waals surface area contributed by atoms with E-state index in [-0.39, 0.29) is 0 Å². The summed E-state index contributed by atoms with van der Waals surface area (Å²) in [5, 5.41) is 3.55. The lowest BCUT2D eigenvalue weighted by molar-refractivity contribution is 0.104. The molecule has 0 aromatic carbocycles. The molecule has 1 aliphatic carbocycles. The monoisotopic (exact) mass is 240 g/mol. The SMILES string of the molecule is CNC(CN1CCC(OC)C1)C1CCCCC1. The van der Waals surface area contributed by atoms with E-state index < -0.39 is 0 Å². The van der Waals surface area contributed by atoms with Gasteiger partial charge in [-0.2, -0.15) is 0 Å². The number of likely N-dealkylation sites (N-methyl/N-ethyl adjacent to an activating group) is 1. The molecule has 1 saturated carbocycles. The van der Waals surface area contributed by atoms with Crippen LogP contribution in [-0.2, 0) is 4.74 Å². The minimum Gasteiger partial charge on any atom is -0.380 e. The van der Waals surface area contributed by atoms with E-state index in [1.165, 1.54) is 51.6 Å². The maximum absolute atomic E-state index is 5.44. The van der Waals surface area contributed by atoms with Gasteiger partial charge < -0.3 is 10.1 Å². The van der Waals surface area contributed by atoms with Crippen LogP contribution < -0.4 is 5.32 Å². The molecule has 100 valence electrons. The van der Waals surface area contributed by atoms with Gasteiger partial charge in [0.1, 0.15) is 0 Å². The summed E-state index contributed by atoms with van der Waals surface area (Å²) < 4.78 is 5.44. The van der Waals surface area contributed by atoms with Crippen LogP contribution in [0.2, 0.25) is 0 Å². The Morgan fingerprint density at radius 2 is 2.00 bits per heavy atom. The van der Waals surface area contributed by atoms with Gasteiger partial charge in [0.05, 0.1) is 6.10 Å².